The molecule has 1 saturated carbocycles. The van der Waals surface area contributed by atoms with Gasteiger partial charge >= 0.3 is 6.18 Å². The maximum absolute atomic E-state index is 13.2. The molecule has 0 bridgehead atoms. The van der Waals surface area contributed by atoms with E-state index in [-0.39, 0.29) is 24.7 Å². The molecule has 0 spiro atoms. The Balaban J connectivity index is 1.47. The Kier molecular flexibility index (Phi) is 4.73. The van der Waals surface area contributed by atoms with Gasteiger partial charge in [-0.15, -0.1) is 0 Å². The largest absolute Gasteiger partial charge is 0.487 e. The standard InChI is InChI=1S/C19H19F3N2O4S/c1-12-8-14(9-18(25)24(12)13-6-7-13)28-15-10-23(11-15)29(26,27)17-5-3-2-4-16(17)19(20,21)22/h2-5,8-9,13,15H,6-7,10-11H2,1H3. The minimum atomic E-state index is -4.77. The van der Waals surface area contributed by atoms with E-state index in [0.717, 1.165) is 41.0 Å². The summed E-state index contributed by atoms with van der Waals surface area (Å²) >= 11 is 0. The summed E-state index contributed by atoms with van der Waals surface area (Å²) in [6.45, 7) is 1.64. The molecule has 0 radical (unpaired) electrons. The monoisotopic (exact) mass is 428 g/mol. The highest BCUT2D eigenvalue weighted by Gasteiger charge is 2.43. The molecule has 156 valence electrons. The highest BCUT2D eigenvalue weighted by molar-refractivity contribution is 7.89. The van der Waals surface area contributed by atoms with Crippen LogP contribution in [0.4, 0.5) is 13.2 Å². The SMILES string of the molecule is Cc1cc(OC2CN(S(=O)(=O)c3ccccc3C(F)(F)F)C2)cc(=O)n1C1CC1. The summed E-state index contributed by atoms with van der Waals surface area (Å²) in [5.74, 6) is 0.335. The summed E-state index contributed by atoms with van der Waals surface area (Å²) in [6, 6.07) is 7.42. The summed E-state index contributed by atoms with van der Waals surface area (Å²) in [5, 5.41) is 0. The Morgan fingerprint density at radius 3 is 2.34 bits per heavy atom. The molecule has 1 aromatic heterocycles. The van der Waals surface area contributed by atoms with Crippen molar-refractivity contribution in [3.63, 3.8) is 0 Å². The van der Waals surface area contributed by atoms with E-state index < -0.39 is 32.8 Å². The fourth-order valence-corrected chi connectivity index (χ4v) is 5.20. The van der Waals surface area contributed by atoms with Gasteiger partial charge in [0.15, 0.2) is 0 Å². The van der Waals surface area contributed by atoms with Crippen molar-refractivity contribution >= 4 is 10.0 Å². The number of alkyl halides is 3. The van der Waals surface area contributed by atoms with Crippen LogP contribution in [0, 0.1) is 6.92 Å². The average molecular weight is 428 g/mol. The van der Waals surface area contributed by atoms with Gasteiger partial charge < -0.3 is 9.30 Å². The third-order valence-electron chi connectivity index (χ3n) is 5.07. The van der Waals surface area contributed by atoms with Crippen molar-refractivity contribution in [3.8, 4) is 5.75 Å². The topological polar surface area (TPSA) is 68.6 Å². The number of rotatable bonds is 5. The molecule has 2 heterocycles. The van der Waals surface area contributed by atoms with Crippen LogP contribution in [0.5, 0.6) is 5.75 Å². The van der Waals surface area contributed by atoms with Crippen molar-refractivity contribution in [2.45, 2.75) is 43.0 Å². The smallest absolute Gasteiger partial charge is 0.417 e. The Bertz CT molecular complexity index is 1100. The molecule has 6 nitrogen and oxygen atoms in total. The van der Waals surface area contributed by atoms with E-state index in [4.69, 9.17) is 4.74 Å². The molecule has 1 saturated heterocycles. The second kappa shape index (κ2) is 6.88. The van der Waals surface area contributed by atoms with Gasteiger partial charge in [-0.05, 0) is 38.0 Å². The average Bonchev–Trinajstić information content (AvgIpc) is 3.41. The van der Waals surface area contributed by atoms with Crippen LogP contribution in [0.15, 0.2) is 46.1 Å². The Morgan fingerprint density at radius 1 is 1.10 bits per heavy atom. The maximum Gasteiger partial charge on any atom is 0.417 e. The van der Waals surface area contributed by atoms with Gasteiger partial charge in [0.25, 0.3) is 5.56 Å². The number of halogens is 3. The van der Waals surface area contributed by atoms with E-state index in [1.165, 1.54) is 12.1 Å². The van der Waals surface area contributed by atoms with Gasteiger partial charge in [-0.3, -0.25) is 4.79 Å². The van der Waals surface area contributed by atoms with Crippen LogP contribution >= 0.6 is 0 Å². The van der Waals surface area contributed by atoms with Gasteiger partial charge in [-0.1, -0.05) is 12.1 Å². The van der Waals surface area contributed by atoms with E-state index in [1.807, 2.05) is 0 Å². The number of pyridine rings is 1. The third-order valence-corrected chi connectivity index (χ3v) is 6.96. The number of aromatic nitrogens is 1. The summed E-state index contributed by atoms with van der Waals surface area (Å²) in [4.78, 5) is 11.5. The zero-order valence-corrected chi connectivity index (χ0v) is 16.3. The van der Waals surface area contributed by atoms with Crippen LogP contribution in [0.3, 0.4) is 0 Å². The van der Waals surface area contributed by atoms with E-state index in [1.54, 1.807) is 17.6 Å². The minimum absolute atomic E-state index is 0.0840. The summed E-state index contributed by atoms with van der Waals surface area (Å²) in [7, 11) is -4.30. The second-order valence-electron chi connectivity index (χ2n) is 7.33. The van der Waals surface area contributed by atoms with Crippen molar-refractivity contribution in [2.24, 2.45) is 0 Å². The number of ether oxygens (including phenoxy) is 1. The van der Waals surface area contributed by atoms with E-state index in [0.29, 0.717) is 5.75 Å². The first-order chi connectivity index (χ1) is 13.6. The Morgan fingerprint density at radius 2 is 1.76 bits per heavy atom. The summed E-state index contributed by atoms with van der Waals surface area (Å²) in [6.07, 6.45) is -3.36. The lowest BCUT2D eigenvalue weighted by molar-refractivity contribution is -0.139. The summed E-state index contributed by atoms with van der Waals surface area (Å²) in [5.41, 5.74) is -0.605. The number of hydrogen-bond donors (Lipinski definition) is 0. The molecule has 4 rings (SSSR count). The van der Waals surface area contributed by atoms with Gasteiger partial charge in [-0.25, -0.2) is 8.42 Å². The van der Waals surface area contributed by atoms with E-state index in [9.17, 15) is 26.4 Å². The molecule has 1 aromatic carbocycles. The van der Waals surface area contributed by atoms with E-state index in [2.05, 4.69) is 0 Å². The van der Waals surface area contributed by atoms with Crippen LogP contribution in [0.1, 0.15) is 30.1 Å². The van der Waals surface area contributed by atoms with Crippen molar-refractivity contribution < 1.29 is 26.3 Å². The molecule has 10 heteroatoms. The number of nitrogens with zero attached hydrogens (tertiary/aromatic N) is 2. The zero-order chi connectivity index (χ0) is 21.0. The molecule has 2 aromatic rings. The molecule has 0 amide bonds. The fourth-order valence-electron chi connectivity index (χ4n) is 3.48. The highest BCUT2D eigenvalue weighted by atomic mass is 32.2. The van der Waals surface area contributed by atoms with Crippen LogP contribution in [0.25, 0.3) is 0 Å². The quantitative estimate of drug-likeness (QED) is 0.734. The molecular formula is C19H19F3N2O4S. The Hall–Kier alpha value is -2.33. The fraction of sp³-hybridized carbons (Fsp3) is 0.421. The van der Waals surface area contributed by atoms with Crippen LogP contribution in [-0.4, -0.2) is 36.5 Å². The van der Waals surface area contributed by atoms with Gasteiger partial charge in [0, 0.05) is 17.8 Å². The second-order valence-corrected chi connectivity index (χ2v) is 9.23. The van der Waals surface area contributed by atoms with Crippen LogP contribution < -0.4 is 10.3 Å². The van der Waals surface area contributed by atoms with Crippen molar-refractivity contribution in [3.05, 3.63) is 58.0 Å². The number of sulfonamides is 1. The van der Waals surface area contributed by atoms with Crippen molar-refractivity contribution in [1.29, 1.82) is 0 Å². The molecule has 1 aliphatic heterocycles. The molecule has 0 atom stereocenters. The van der Waals surface area contributed by atoms with Crippen LogP contribution in [-0.2, 0) is 16.2 Å². The Labute approximate surface area is 165 Å². The molecule has 29 heavy (non-hydrogen) atoms. The van der Waals surface area contributed by atoms with Crippen molar-refractivity contribution in [2.75, 3.05) is 13.1 Å². The number of hydrogen-bond acceptors (Lipinski definition) is 4. The van der Waals surface area contributed by atoms with Crippen molar-refractivity contribution in [1.82, 2.24) is 8.87 Å². The predicted molar refractivity (Wildman–Crippen MR) is 98.3 cm³/mol. The third kappa shape index (κ3) is 3.78. The molecular weight excluding hydrogens is 409 g/mol. The number of benzene rings is 1. The molecule has 2 aliphatic rings. The molecule has 0 unspecified atom stereocenters. The van der Waals surface area contributed by atoms with Gasteiger partial charge in [0.05, 0.1) is 23.5 Å². The number of aryl methyl sites for hydroxylation is 1. The first-order valence-electron chi connectivity index (χ1n) is 9.13. The maximum atomic E-state index is 13.2. The normalized spacial score (nSPS) is 18.5. The lowest BCUT2D eigenvalue weighted by atomic mass is 10.2. The highest BCUT2D eigenvalue weighted by Crippen LogP contribution is 2.37. The summed E-state index contributed by atoms with van der Waals surface area (Å²) < 4.78 is 73.1. The van der Waals surface area contributed by atoms with Gasteiger partial charge in [0.1, 0.15) is 11.9 Å². The first kappa shape index (κ1) is 20.0. The minimum Gasteiger partial charge on any atom is -0.487 e. The predicted octanol–water partition coefficient (Wildman–Crippen LogP) is 2.96. The van der Waals surface area contributed by atoms with Gasteiger partial charge in [0.2, 0.25) is 10.0 Å². The lowest BCUT2D eigenvalue weighted by Crippen LogP contribution is -2.56. The lowest BCUT2D eigenvalue weighted by Gasteiger charge is -2.38. The molecule has 2 fully saturated rings. The zero-order valence-electron chi connectivity index (χ0n) is 15.5. The molecule has 0 N–H and O–H groups in total. The van der Waals surface area contributed by atoms with Crippen LogP contribution in [0.2, 0.25) is 0 Å². The molecule has 1 aliphatic carbocycles. The van der Waals surface area contributed by atoms with E-state index >= 15 is 0 Å². The van der Waals surface area contributed by atoms with Gasteiger partial charge in [-0.2, -0.15) is 17.5 Å². The first-order valence-corrected chi connectivity index (χ1v) is 10.6.